The molecule has 1 aliphatic heterocycles. The summed E-state index contributed by atoms with van der Waals surface area (Å²) in [7, 11) is 1.55. The van der Waals surface area contributed by atoms with Gasteiger partial charge in [-0.3, -0.25) is 14.5 Å². The molecule has 0 aliphatic carbocycles. The zero-order valence-electron chi connectivity index (χ0n) is 23.0. The summed E-state index contributed by atoms with van der Waals surface area (Å²) in [5.74, 6) is -0.479. The molecule has 41 heavy (non-hydrogen) atoms. The van der Waals surface area contributed by atoms with Crippen molar-refractivity contribution in [2.75, 3.05) is 49.2 Å². The van der Waals surface area contributed by atoms with Gasteiger partial charge in [-0.1, -0.05) is 30.3 Å². The van der Waals surface area contributed by atoms with Crippen LogP contribution in [0.4, 0.5) is 17.1 Å². The van der Waals surface area contributed by atoms with E-state index in [1.54, 1.807) is 43.5 Å². The van der Waals surface area contributed by atoms with Crippen LogP contribution in [0.5, 0.6) is 11.5 Å². The van der Waals surface area contributed by atoms with Crippen LogP contribution >= 0.6 is 0 Å². The van der Waals surface area contributed by atoms with Gasteiger partial charge < -0.3 is 25.8 Å². The molecule has 8 nitrogen and oxygen atoms in total. The van der Waals surface area contributed by atoms with Crippen LogP contribution in [0, 0.1) is 0 Å². The van der Waals surface area contributed by atoms with Gasteiger partial charge in [0.1, 0.15) is 5.75 Å². The van der Waals surface area contributed by atoms with E-state index >= 15 is 0 Å². The molecule has 4 aromatic rings. The number of nitrogens with zero attached hydrogens (tertiary/aromatic N) is 2. The number of nitrogens with two attached hydrogens (primary N) is 1. The van der Waals surface area contributed by atoms with Crippen LogP contribution in [-0.4, -0.2) is 55.0 Å². The van der Waals surface area contributed by atoms with Gasteiger partial charge in [-0.05, 0) is 72.6 Å². The maximum absolute atomic E-state index is 13.3. The second kappa shape index (κ2) is 12.6. The Labute approximate surface area is 240 Å². The number of hydrogen-bond acceptors (Lipinski definition) is 7. The Hall–Kier alpha value is -4.82. The van der Waals surface area contributed by atoms with Crippen LogP contribution < -0.4 is 20.7 Å². The minimum atomic E-state index is -0.398. The predicted octanol–water partition coefficient (Wildman–Crippen LogP) is 5.18. The minimum Gasteiger partial charge on any atom is -0.505 e. The molecular formula is C33H34N4O4. The summed E-state index contributed by atoms with van der Waals surface area (Å²) in [5.41, 5.74) is 9.57. The van der Waals surface area contributed by atoms with Crippen molar-refractivity contribution in [2.24, 2.45) is 0 Å². The zero-order valence-corrected chi connectivity index (χ0v) is 23.0. The lowest BCUT2D eigenvalue weighted by molar-refractivity contribution is 0.102. The number of anilines is 3. The average molecular weight is 551 g/mol. The molecule has 0 bridgehead atoms. The van der Waals surface area contributed by atoms with Crippen molar-refractivity contribution in [1.82, 2.24) is 4.90 Å². The van der Waals surface area contributed by atoms with Crippen molar-refractivity contribution >= 4 is 28.8 Å². The van der Waals surface area contributed by atoms with E-state index in [9.17, 15) is 14.7 Å². The number of carbonyl (C=O) groups is 2. The molecule has 0 unspecified atom stereocenters. The van der Waals surface area contributed by atoms with Crippen molar-refractivity contribution in [3.05, 3.63) is 113 Å². The lowest BCUT2D eigenvalue weighted by Crippen LogP contribution is -2.30. The highest BCUT2D eigenvalue weighted by Crippen LogP contribution is 2.34. The van der Waals surface area contributed by atoms with Crippen LogP contribution in [-0.2, 0) is 6.54 Å². The fourth-order valence-electron chi connectivity index (χ4n) is 5.05. The fourth-order valence-corrected chi connectivity index (χ4v) is 5.05. The Balaban J connectivity index is 1.23. The normalized spacial score (nSPS) is 13.8. The van der Waals surface area contributed by atoms with E-state index in [1.165, 1.54) is 17.7 Å². The molecular weight excluding hydrogens is 516 g/mol. The van der Waals surface area contributed by atoms with Crippen LogP contribution in [0.2, 0.25) is 0 Å². The third kappa shape index (κ3) is 6.50. The van der Waals surface area contributed by atoms with Gasteiger partial charge in [0.05, 0.1) is 24.0 Å². The van der Waals surface area contributed by atoms with Crippen LogP contribution in [0.1, 0.15) is 38.3 Å². The Morgan fingerprint density at radius 2 is 1.56 bits per heavy atom. The third-order valence-corrected chi connectivity index (χ3v) is 7.39. The minimum absolute atomic E-state index is 0.0704. The van der Waals surface area contributed by atoms with E-state index in [0.29, 0.717) is 16.9 Å². The molecule has 0 radical (unpaired) electrons. The Morgan fingerprint density at radius 3 is 2.27 bits per heavy atom. The smallest absolute Gasteiger partial charge is 0.255 e. The van der Waals surface area contributed by atoms with E-state index in [4.69, 9.17) is 10.5 Å². The number of nitrogen functional groups attached to an aromatic ring is 1. The van der Waals surface area contributed by atoms with Gasteiger partial charge in [-0.15, -0.1) is 0 Å². The number of methoxy groups -OCH3 is 1. The first-order chi connectivity index (χ1) is 19.9. The van der Waals surface area contributed by atoms with Gasteiger partial charge in [0, 0.05) is 49.5 Å². The van der Waals surface area contributed by atoms with Gasteiger partial charge in [0.15, 0.2) is 11.5 Å². The number of benzene rings is 4. The SMILES string of the molecule is COc1ccc(C(=O)Nc2ccc(C(=O)c3ccc(N4CCCN(Cc5ccccc5)CC4)cc3)c(O)c2N)cc1. The fraction of sp³-hybridized carbons (Fsp3) is 0.212. The van der Waals surface area contributed by atoms with Crippen molar-refractivity contribution < 1.29 is 19.4 Å². The number of aromatic hydroxyl groups is 1. The summed E-state index contributed by atoms with van der Waals surface area (Å²) in [4.78, 5) is 30.7. The van der Waals surface area contributed by atoms with Crippen molar-refractivity contribution in [3.8, 4) is 11.5 Å². The summed E-state index contributed by atoms with van der Waals surface area (Å²) < 4.78 is 5.12. The summed E-state index contributed by atoms with van der Waals surface area (Å²) in [6.45, 7) is 4.79. The molecule has 1 amide bonds. The Bertz CT molecular complexity index is 1510. The van der Waals surface area contributed by atoms with Gasteiger partial charge in [-0.2, -0.15) is 0 Å². The largest absolute Gasteiger partial charge is 0.505 e. The summed E-state index contributed by atoms with van der Waals surface area (Å²) in [6, 6.07) is 27.6. The van der Waals surface area contributed by atoms with Crippen molar-refractivity contribution in [3.63, 3.8) is 0 Å². The third-order valence-electron chi connectivity index (χ3n) is 7.39. The van der Waals surface area contributed by atoms with Crippen molar-refractivity contribution in [2.45, 2.75) is 13.0 Å². The number of ether oxygens (including phenoxy) is 1. The lowest BCUT2D eigenvalue weighted by atomic mass is 10.0. The first kappa shape index (κ1) is 27.7. The van der Waals surface area contributed by atoms with Crippen LogP contribution in [0.3, 0.4) is 0 Å². The highest BCUT2D eigenvalue weighted by atomic mass is 16.5. The summed E-state index contributed by atoms with van der Waals surface area (Å²) >= 11 is 0. The first-order valence-corrected chi connectivity index (χ1v) is 13.7. The average Bonchev–Trinajstić information content (AvgIpc) is 3.25. The quantitative estimate of drug-likeness (QED) is 0.158. The molecule has 8 heteroatoms. The molecule has 1 saturated heterocycles. The van der Waals surface area contributed by atoms with E-state index in [-0.39, 0.29) is 28.5 Å². The zero-order chi connectivity index (χ0) is 28.8. The molecule has 4 N–H and O–H groups in total. The topological polar surface area (TPSA) is 108 Å². The number of amides is 1. The molecule has 0 aromatic heterocycles. The summed E-state index contributed by atoms with van der Waals surface area (Å²) in [5, 5.41) is 13.4. The second-order valence-corrected chi connectivity index (χ2v) is 10.1. The van der Waals surface area contributed by atoms with Gasteiger partial charge in [0.2, 0.25) is 0 Å². The molecule has 1 heterocycles. The molecule has 5 rings (SSSR count). The number of carbonyl (C=O) groups excluding carboxylic acids is 2. The van der Waals surface area contributed by atoms with E-state index in [2.05, 4.69) is 39.4 Å². The Morgan fingerprint density at radius 1 is 0.854 bits per heavy atom. The highest BCUT2D eigenvalue weighted by Gasteiger charge is 2.20. The molecule has 1 fully saturated rings. The van der Waals surface area contributed by atoms with Crippen molar-refractivity contribution in [1.29, 1.82) is 0 Å². The number of nitrogens with one attached hydrogen (secondary N) is 1. The second-order valence-electron chi connectivity index (χ2n) is 10.1. The maximum atomic E-state index is 13.3. The standard InChI is InChI=1S/C33H34N4O4/c1-41-27-14-10-25(11-15-27)33(40)35-29-17-16-28(32(39)30(29)34)31(38)24-8-12-26(13-9-24)37-19-5-18-36(20-21-37)22-23-6-3-2-4-7-23/h2-4,6-17,39H,5,18-22,34H2,1H3,(H,35,40). The molecule has 4 aromatic carbocycles. The number of hydrogen-bond donors (Lipinski definition) is 3. The maximum Gasteiger partial charge on any atom is 0.255 e. The molecule has 210 valence electrons. The van der Waals surface area contributed by atoms with Crippen LogP contribution in [0.25, 0.3) is 0 Å². The lowest BCUT2D eigenvalue weighted by Gasteiger charge is -2.24. The Kier molecular flexibility index (Phi) is 8.50. The van der Waals surface area contributed by atoms with E-state index < -0.39 is 5.91 Å². The van der Waals surface area contributed by atoms with Gasteiger partial charge >= 0.3 is 0 Å². The molecule has 0 atom stereocenters. The number of ketones is 1. The number of phenolic OH excluding ortho intramolecular Hbond substituents is 1. The first-order valence-electron chi connectivity index (χ1n) is 13.7. The van der Waals surface area contributed by atoms with E-state index in [1.807, 2.05) is 18.2 Å². The monoisotopic (exact) mass is 550 g/mol. The van der Waals surface area contributed by atoms with E-state index in [0.717, 1.165) is 44.8 Å². The summed E-state index contributed by atoms with van der Waals surface area (Å²) in [6.07, 6.45) is 1.06. The molecule has 1 aliphatic rings. The number of rotatable bonds is 8. The molecule has 0 saturated carbocycles. The number of phenols is 1. The predicted molar refractivity (Wildman–Crippen MR) is 162 cm³/mol. The van der Waals surface area contributed by atoms with Crippen LogP contribution in [0.15, 0.2) is 91.0 Å². The van der Waals surface area contributed by atoms with Gasteiger partial charge in [0.25, 0.3) is 5.91 Å². The highest BCUT2D eigenvalue weighted by molar-refractivity contribution is 6.13. The molecule has 0 spiro atoms. The van der Waals surface area contributed by atoms with Gasteiger partial charge in [-0.25, -0.2) is 0 Å².